The minimum Gasteiger partial charge on any atom is -0.421 e. The highest BCUT2D eigenvalue weighted by atomic mass is 16.4. The van der Waals surface area contributed by atoms with E-state index in [0.29, 0.717) is 23.2 Å². The average Bonchev–Trinajstić information content (AvgIpc) is 3.26. The zero-order chi connectivity index (χ0) is 23.4. The van der Waals surface area contributed by atoms with Crippen molar-refractivity contribution < 1.29 is 9.21 Å². The summed E-state index contributed by atoms with van der Waals surface area (Å²) in [5.41, 5.74) is 3.17. The highest BCUT2D eigenvalue weighted by molar-refractivity contribution is 5.96. The zero-order valence-corrected chi connectivity index (χ0v) is 19.1. The molecule has 0 aliphatic carbocycles. The third-order valence-electron chi connectivity index (χ3n) is 5.59. The summed E-state index contributed by atoms with van der Waals surface area (Å²) in [4.78, 5) is 25.9. The number of aliphatic imine (C=N–C) groups is 1. The van der Waals surface area contributed by atoms with Crippen LogP contribution in [0.4, 0.5) is 5.82 Å². The molecule has 0 bridgehead atoms. The molecule has 1 amide bonds. The molecule has 170 valence electrons. The number of amides is 1. The number of rotatable bonds is 6. The Morgan fingerprint density at radius 2 is 1.94 bits per heavy atom. The smallest absolute Gasteiger partial charge is 0.257 e. The Labute approximate surface area is 192 Å². The summed E-state index contributed by atoms with van der Waals surface area (Å²) in [6.07, 6.45) is 3.43. The predicted octanol–water partition coefficient (Wildman–Crippen LogP) is 2.93. The minimum absolute atomic E-state index is 0.271. The fraction of sp³-hybridized carbons (Fsp3) is 0.292. The van der Waals surface area contributed by atoms with Crippen LogP contribution in [0.3, 0.4) is 0 Å². The Kier molecular flexibility index (Phi) is 6.60. The number of nitrogens with one attached hydrogen (secondary N) is 1. The Hall–Kier alpha value is -3.85. The second-order valence-corrected chi connectivity index (χ2v) is 8.03. The van der Waals surface area contributed by atoms with Crippen LogP contribution in [0.5, 0.6) is 0 Å². The third kappa shape index (κ3) is 5.32. The van der Waals surface area contributed by atoms with Crippen molar-refractivity contribution in [1.82, 2.24) is 25.4 Å². The van der Waals surface area contributed by atoms with Crippen molar-refractivity contribution in [3.8, 4) is 11.5 Å². The van der Waals surface area contributed by atoms with Gasteiger partial charge in [0, 0.05) is 50.4 Å². The molecule has 0 saturated carbocycles. The molecule has 1 saturated heterocycles. The molecule has 0 radical (unpaired) electrons. The van der Waals surface area contributed by atoms with Crippen molar-refractivity contribution in [3.63, 3.8) is 0 Å². The number of likely N-dealkylation sites (N-methyl/N-ethyl adjacent to an activating group) is 1. The predicted molar refractivity (Wildman–Crippen MR) is 128 cm³/mol. The van der Waals surface area contributed by atoms with Crippen LogP contribution in [0, 0.1) is 13.8 Å². The topological polar surface area (TPSA) is 99.7 Å². The van der Waals surface area contributed by atoms with Crippen molar-refractivity contribution in [2.45, 2.75) is 13.8 Å². The molecule has 1 fully saturated rings. The van der Waals surface area contributed by atoms with Gasteiger partial charge in [0.25, 0.3) is 5.91 Å². The Morgan fingerprint density at radius 3 is 2.64 bits per heavy atom. The van der Waals surface area contributed by atoms with E-state index in [1.807, 2.05) is 31.2 Å². The van der Waals surface area contributed by atoms with Crippen molar-refractivity contribution in [3.05, 3.63) is 64.9 Å². The van der Waals surface area contributed by atoms with Gasteiger partial charge in [0.2, 0.25) is 11.8 Å². The maximum Gasteiger partial charge on any atom is 0.257 e. The highest BCUT2D eigenvalue weighted by Crippen LogP contribution is 2.23. The number of piperazine rings is 1. The fourth-order valence-electron chi connectivity index (χ4n) is 3.57. The standard InChI is InChI=1S/C24H27N7O2/c1-16-5-6-19(24-29-28-17(2)33-24)13-20(16)14-21(25-3)27-23(32)18-7-8-26-22(15-18)31-11-9-30(4)10-12-31/h5-8,13-15H,3,9-12H2,1-2,4H3,(H,27,32)/b21-14+. The summed E-state index contributed by atoms with van der Waals surface area (Å²) < 4.78 is 5.52. The van der Waals surface area contributed by atoms with E-state index in [9.17, 15) is 4.79 Å². The van der Waals surface area contributed by atoms with Crippen LogP contribution in [0.25, 0.3) is 17.5 Å². The van der Waals surface area contributed by atoms with Gasteiger partial charge in [0.05, 0.1) is 0 Å². The molecule has 3 heterocycles. The number of aromatic nitrogens is 3. The van der Waals surface area contributed by atoms with Crippen LogP contribution in [0.2, 0.25) is 0 Å². The second-order valence-electron chi connectivity index (χ2n) is 8.03. The second kappa shape index (κ2) is 9.74. The van der Waals surface area contributed by atoms with Gasteiger partial charge >= 0.3 is 0 Å². The van der Waals surface area contributed by atoms with Crippen LogP contribution in [-0.4, -0.2) is 65.9 Å². The average molecular weight is 446 g/mol. The van der Waals surface area contributed by atoms with Gasteiger partial charge < -0.3 is 19.5 Å². The van der Waals surface area contributed by atoms with E-state index in [1.165, 1.54) is 0 Å². The highest BCUT2D eigenvalue weighted by Gasteiger charge is 2.17. The first-order valence-electron chi connectivity index (χ1n) is 10.7. The molecule has 0 unspecified atom stereocenters. The van der Waals surface area contributed by atoms with E-state index in [-0.39, 0.29) is 5.91 Å². The molecule has 2 aromatic heterocycles. The number of nitrogens with zero attached hydrogens (tertiary/aromatic N) is 6. The third-order valence-corrected chi connectivity index (χ3v) is 5.59. The molecule has 33 heavy (non-hydrogen) atoms. The number of carbonyl (C=O) groups is 1. The Balaban J connectivity index is 1.53. The molecule has 1 N–H and O–H groups in total. The maximum atomic E-state index is 12.9. The number of benzene rings is 1. The van der Waals surface area contributed by atoms with Crippen molar-refractivity contribution in [1.29, 1.82) is 0 Å². The molecular formula is C24H27N7O2. The SMILES string of the molecule is C=N/C(=C\c1cc(-c2nnc(C)o2)ccc1C)NC(=O)c1ccnc(N2CCN(C)CC2)c1. The summed E-state index contributed by atoms with van der Waals surface area (Å²) in [7, 11) is 2.10. The first-order chi connectivity index (χ1) is 15.9. The number of hydrogen-bond acceptors (Lipinski definition) is 8. The van der Waals surface area contributed by atoms with Crippen molar-refractivity contribution >= 4 is 24.5 Å². The van der Waals surface area contributed by atoms with E-state index in [2.05, 4.69) is 49.1 Å². The van der Waals surface area contributed by atoms with Gasteiger partial charge in [0.1, 0.15) is 11.6 Å². The molecule has 0 atom stereocenters. The normalized spacial score (nSPS) is 14.9. The molecule has 1 aliphatic rings. The molecule has 4 rings (SSSR count). The summed E-state index contributed by atoms with van der Waals surface area (Å²) >= 11 is 0. The lowest BCUT2D eigenvalue weighted by atomic mass is 10.0. The van der Waals surface area contributed by atoms with Gasteiger partial charge in [-0.3, -0.25) is 4.79 Å². The van der Waals surface area contributed by atoms with Crippen molar-refractivity contribution in [2.24, 2.45) is 4.99 Å². The van der Waals surface area contributed by atoms with E-state index in [4.69, 9.17) is 4.42 Å². The Morgan fingerprint density at radius 1 is 1.15 bits per heavy atom. The molecule has 9 nitrogen and oxygen atoms in total. The quantitative estimate of drug-likeness (QED) is 0.582. The van der Waals surface area contributed by atoms with Crippen LogP contribution in [0.15, 0.2) is 51.8 Å². The molecular weight excluding hydrogens is 418 g/mol. The first-order valence-corrected chi connectivity index (χ1v) is 10.7. The maximum absolute atomic E-state index is 12.9. The first kappa shape index (κ1) is 22.3. The number of anilines is 1. The van der Waals surface area contributed by atoms with E-state index < -0.39 is 0 Å². The number of hydrogen-bond donors (Lipinski definition) is 1. The molecule has 9 heteroatoms. The lowest BCUT2D eigenvalue weighted by molar-refractivity contribution is 0.0966. The monoisotopic (exact) mass is 445 g/mol. The van der Waals surface area contributed by atoms with E-state index in [0.717, 1.165) is 48.7 Å². The number of aryl methyl sites for hydroxylation is 2. The Bertz CT molecular complexity index is 1190. The lowest BCUT2D eigenvalue weighted by Crippen LogP contribution is -2.44. The van der Waals surface area contributed by atoms with Crippen LogP contribution in [-0.2, 0) is 0 Å². The van der Waals surface area contributed by atoms with Gasteiger partial charge in [-0.05, 0) is 62.2 Å². The zero-order valence-electron chi connectivity index (χ0n) is 19.1. The minimum atomic E-state index is -0.271. The molecule has 1 aromatic carbocycles. The summed E-state index contributed by atoms with van der Waals surface area (Å²) in [6, 6.07) is 9.28. The van der Waals surface area contributed by atoms with Gasteiger partial charge in [0.15, 0.2) is 0 Å². The van der Waals surface area contributed by atoms with Crippen LogP contribution >= 0.6 is 0 Å². The van der Waals surface area contributed by atoms with Crippen molar-refractivity contribution in [2.75, 3.05) is 38.1 Å². The van der Waals surface area contributed by atoms with E-state index >= 15 is 0 Å². The number of pyridine rings is 1. The van der Waals surface area contributed by atoms with Gasteiger partial charge in [-0.15, -0.1) is 10.2 Å². The van der Waals surface area contributed by atoms with Gasteiger partial charge in [-0.1, -0.05) is 6.07 Å². The van der Waals surface area contributed by atoms with Crippen LogP contribution < -0.4 is 10.2 Å². The lowest BCUT2D eigenvalue weighted by Gasteiger charge is -2.33. The largest absolute Gasteiger partial charge is 0.421 e. The van der Waals surface area contributed by atoms with Crippen LogP contribution in [0.1, 0.15) is 27.4 Å². The van der Waals surface area contributed by atoms with Gasteiger partial charge in [-0.2, -0.15) is 0 Å². The summed E-state index contributed by atoms with van der Waals surface area (Å²) in [5.74, 6) is 1.81. The summed E-state index contributed by atoms with van der Waals surface area (Å²) in [5, 5.41) is 10.8. The van der Waals surface area contributed by atoms with E-state index in [1.54, 1.807) is 25.3 Å². The fourth-order valence-corrected chi connectivity index (χ4v) is 3.57. The number of carbonyl (C=O) groups excluding carboxylic acids is 1. The molecule has 3 aromatic rings. The summed E-state index contributed by atoms with van der Waals surface area (Å²) in [6.45, 7) is 11.0. The molecule has 1 aliphatic heterocycles. The van der Waals surface area contributed by atoms with Gasteiger partial charge in [-0.25, -0.2) is 9.98 Å². The molecule has 0 spiro atoms.